The van der Waals surface area contributed by atoms with Crippen molar-refractivity contribution in [3.63, 3.8) is 0 Å². The normalized spacial score (nSPS) is 47.9. The van der Waals surface area contributed by atoms with Crippen molar-refractivity contribution < 1.29 is 28.9 Å². The molecule has 0 radical (unpaired) electrons. The topological polar surface area (TPSA) is 96.2 Å². The minimum absolute atomic E-state index is 0.0785. The van der Waals surface area contributed by atoms with E-state index < -0.39 is 25.5 Å². The highest BCUT2D eigenvalue weighted by Gasteiger charge is 2.39. The van der Waals surface area contributed by atoms with Crippen molar-refractivity contribution in [2.24, 2.45) is 0 Å². The molecule has 0 bridgehead atoms. The van der Waals surface area contributed by atoms with Crippen molar-refractivity contribution in [2.75, 3.05) is 13.2 Å². The Hall–Kier alpha value is 0.0300. The molecule has 0 amide bonds. The van der Waals surface area contributed by atoms with E-state index in [1.165, 1.54) is 0 Å². The first-order valence-electron chi connectivity index (χ1n) is 5.94. The second-order valence-corrected chi connectivity index (χ2v) is 6.87. The lowest BCUT2D eigenvalue weighted by Crippen LogP contribution is -2.42. The molecule has 3 N–H and O–H groups in total. The SMILES string of the molecule is O=P1(O)OCCCC1C[C@@H]1C[C@H](O)[C@H](O)CO1. The number of aliphatic hydroxyl groups excluding tert-OH is 2. The first kappa shape index (κ1) is 13.5. The minimum Gasteiger partial charge on any atom is -0.390 e. The maximum Gasteiger partial charge on any atom is 0.331 e. The number of rotatable bonds is 2. The molecule has 7 heteroatoms. The summed E-state index contributed by atoms with van der Waals surface area (Å²) in [7, 11) is -3.52. The monoisotopic (exact) mass is 266 g/mol. The molecular weight excluding hydrogens is 247 g/mol. The van der Waals surface area contributed by atoms with Crippen LogP contribution < -0.4 is 0 Å². The fraction of sp³-hybridized carbons (Fsp3) is 1.00. The van der Waals surface area contributed by atoms with Gasteiger partial charge in [-0.1, -0.05) is 0 Å². The van der Waals surface area contributed by atoms with Gasteiger partial charge in [-0.2, -0.15) is 0 Å². The molecule has 2 aliphatic rings. The van der Waals surface area contributed by atoms with E-state index in [-0.39, 0.29) is 12.7 Å². The molecular formula is C10H19O6P. The molecule has 2 heterocycles. The van der Waals surface area contributed by atoms with E-state index in [2.05, 4.69) is 0 Å². The van der Waals surface area contributed by atoms with Crippen LogP contribution in [0.15, 0.2) is 0 Å². The molecule has 100 valence electrons. The maximum absolute atomic E-state index is 11.8. The largest absolute Gasteiger partial charge is 0.390 e. The van der Waals surface area contributed by atoms with Gasteiger partial charge in [0, 0.05) is 6.42 Å². The third-order valence-electron chi connectivity index (χ3n) is 3.41. The van der Waals surface area contributed by atoms with Crippen LogP contribution in [0.5, 0.6) is 0 Å². The lowest BCUT2D eigenvalue weighted by molar-refractivity contribution is -0.123. The second kappa shape index (κ2) is 5.34. The van der Waals surface area contributed by atoms with E-state index in [0.29, 0.717) is 25.9 Å². The van der Waals surface area contributed by atoms with Gasteiger partial charge in [-0.25, -0.2) is 0 Å². The van der Waals surface area contributed by atoms with Gasteiger partial charge >= 0.3 is 7.60 Å². The molecule has 0 saturated carbocycles. The Morgan fingerprint density at radius 2 is 2.06 bits per heavy atom. The number of ether oxygens (including phenoxy) is 1. The Morgan fingerprint density at radius 3 is 2.71 bits per heavy atom. The van der Waals surface area contributed by atoms with Crippen LogP contribution in [-0.4, -0.2) is 52.3 Å². The van der Waals surface area contributed by atoms with Gasteiger partial charge in [-0.3, -0.25) is 4.57 Å². The van der Waals surface area contributed by atoms with E-state index in [1.807, 2.05) is 0 Å². The highest BCUT2D eigenvalue weighted by Crippen LogP contribution is 2.54. The molecule has 0 aromatic carbocycles. The second-order valence-electron chi connectivity index (χ2n) is 4.75. The predicted molar refractivity (Wildman–Crippen MR) is 59.8 cm³/mol. The van der Waals surface area contributed by atoms with E-state index in [1.54, 1.807) is 0 Å². The highest BCUT2D eigenvalue weighted by molar-refractivity contribution is 7.53. The first-order valence-corrected chi connectivity index (χ1v) is 7.58. The van der Waals surface area contributed by atoms with Crippen LogP contribution in [-0.2, 0) is 13.8 Å². The summed E-state index contributed by atoms with van der Waals surface area (Å²) in [6.45, 7) is 0.409. The van der Waals surface area contributed by atoms with Crippen molar-refractivity contribution >= 4 is 7.60 Å². The standard InChI is InChI=1S/C10H19O6P/c11-9-5-7(15-6-10(9)12)4-8-2-1-3-16-17(8,13)14/h7-12H,1-6H2,(H,13,14)/t7-,8?,9+,10-/m1/s1. The fourth-order valence-corrected chi connectivity index (χ4v) is 3.95. The molecule has 2 rings (SSSR count). The van der Waals surface area contributed by atoms with Crippen LogP contribution in [0.1, 0.15) is 25.7 Å². The predicted octanol–water partition coefficient (Wildman–Crippen LogP) is 0.252. The molecule has 0 spiro atoms. The van der Waals surface area contributed by atoms with Crippen molar-refractivity contribution in [2.45, 2.75) is 49.7 Å². The zero-order valence-corrected chi connectivity index (χ0v) is 10.5. The molecule has 2 saturated heterocycles. The van der Waals surface area contributed by atoms with Gasteiger partial charge in [-0.15, -0.1) is 0 Å². The lowest BCUT2D eigenvalue weighted by Gasteiger charge is -2.34. The summed E-state index contributed by atoms with van der Waals surface area (Å²) in [5.41, 5.74) is -0.413. The molecule has 2 unspecified atom stereocenters. The van der Waals surface area contributed by atoms with Crippen molar-refractivity contribution in [1.29, 1.82) is 0 Å². The Morgan fingerprint density at radius 1 is 1.29 bits per heavy atom. The van der Waals surface area contributed by atoms with Crippen LogP contribution in [0.4, 0.5) is 0 Å². The smallest absolute Gasteiger partial charge is 0.331 e. The Labute approximate surface area is 100 Å². The Bertz CT molecular complexity index is 309. The van der Waals surface area contributed by atoms with Gasteiger partial charge in [0.25, 0.3) is 0 Å². The van der Waals surface area contributed by atoms with E-state index in [4.69, 9.17) is 9.26 Å². The summed E-state index contributed by atoms with van der Waals surface area (Å²) in [4.78, 5) is 9.65. The average molecular weight is 266 g/mol. The third kappa shape index (κ3) is 3.28. The molecule has 5 atom stereocenters. The molecule has 0 aliphatic carbocycles. The Balaban J connectivity index is 1.90. The molecule has 2 fully saturated rings. The van der Waals surface area contributed by atoms with Crippen molar-refractivity contribution in [3.8, 4) is 0 Å². The molecule has 6 nitrogen and oxygen atoms in total. The molecule has 2 aliphatic heterocycles. The molecule has 17 heavy (non-hydrogen) atoms. The fourth-order valence-electron chi connectivity index (χ4n) is 2.34. The van der Waals surface area contributed by atoms with E-state index >= 15 is 0 Å². The van der Waals surface area contributed by atoms with Crippen LogP contribution in [0.25, 0.3) is 0 Å². The quantitative estimate of drug-likeness (QED) is 0.620. The Kier molecular flexibility index (Phi) is 4.23. The zero-order valence-electron chi connectivity index (χ0n) is 9.57. The number of aliphatic hydroxyl groups is 2. The number of hydrogen-bond acceptors (Lipinski definition) is 5. The van der Waals surface area contributed by atoms with Crippen LogP contribution in [0.2, 0.25) is 0 Å². The van der Waals surface area contributed by atoms with Gasteiger partial charge in [-0.05, 0) is 19.3 Å². The van der Waals surface area contributed by atoms with Crippen molar-refractivity contribution in [1.82, 2.24) is 0 Å². The first-order chi connectivity index (χ1) is 7.99. The number of hydrogen-bond donors (Lipinski definition) is 3. The maximum atomic E-state index is 11.8. The summed E-state index contributed by atoms with van der Waals surface area (Å²) in [5.74, 6) is 0. The van der Waals surface area contributed by atoms with Crippen LogP contribution in [0.3, 0.4) is 0 Å². The van der Waals surface area contributed by atoms with Crippen molar-refractivity contribution in [3.05, 3.63) is 0 Å². The van der Waals surface area contributed by atoms with E-state index in [0.717, 1.165) is 6.42 Å². The molecule has 0 aromatic rings. The summed E-state index contributed by atoms with van der Waals surface area (Å²) in [6, 6.07) is 0. The van der Waals surface area contributed by atoms with Gasteiger partial charge in [0.1, 0.15) is 6.10 Å². The lowest BCUT2D eigenvalue weighted by atomic mass is 9.99. The van der Waals surface area contributed by atoms with Crippen LogP contribution in [0, 0.1) is 0 Å². The van der Waals surface area contributed by atoms with Gasteiger partial charge in [0.15, 0.2) is 0 Å². The summed E-state index contributed by atoms with van der Waals surface area (Å²) < 4.78 is 22.0. The van der Waals surface area contributed by atoms with Gasteiger partial charge in [0.05, 0.1) is 31.1 Å². The summed E-state index contributed by atoms with van der Waals surface area (Å²) in [6.07, 6.45) is 0.181. The van der Waals surface area contributed by atoms with Crippen LogP contribution >= 0.6 is 7.60 Å². The van der Waals surface area contributed by atoms with Gasteiger partial charge < -0.3 is 24.4 Å². The minimum atomic E-state index is -3.52. The molecule has 0 aromatic heterocycles. The van der Waals surface area contributed by atoms with E-state index in [9.17, 15) is 19.7 Å². The summed E-state index contributed by atoms with van der Waals surface area (Å²) >= 11 is 0. The third-order valence-corrected chi connectivity index (χ3v) is 5.35. The van der Waals surface area contributed by atoms with Gasteiger partial charge in [0.2, 0.25) is 0 Å². The average Bonchev–Trinajstić information content (AvgIpc) is 2.26. The zero-order chi connectivity index (χ0) is 12.5. The highest BCUT2D eigenvalue weighted by atomic mass is 31.2. The summed E-state index contributed by atoms with van der Waals surface area (Å²) in [5, 5.41) is 18.8.